The van der Waals surface area contributed by atoms with Crippen molar-refractivity contribution in [3.05, 3.63) is 99.0 Å². The molecule has 2 aromatic carbocycles. The first-order chi connectivity index (χ1) is 29.3. The Bertz CT molecular complexity index is 2990. The Morgan fingerprint density at radius 3 is 2.20 bits per heavy atom. The van der Waals surface area contributed by atoms with E-state index in [1.54, 1.807) is 0 Å². The number of aromatic nitrogens is 3. The van der Waals surface area contributed by atoms with E-state index >= 15 is 8.78 Å². The summed E-state index contributed by atoms with van der Waals surface area (Å²) in [7, 11) is -8.06. The molecule has 0 saturated heterocycles. The highest BCUT2D eigenvalue weighted by Crippen LogP contribution is 2.57. The Hall–Kier alpha value is -5.67. The lowest BCUT2D eigenvalue weighted by atomic mass is 9.93. The van der Waals surface area contributed by atoms with Gasteiger partial charge >= 0.3 is 12.4 Å². The molecule has 342 valence electrons. The van der Waals surface area contributed by atoms with Crippen molar-refractivity contribution in [1.29, 1.82) is 0 Å². The summed E-state index contributed by atoms with van der Waals surface area (Å²) in [6.45, 7) is -0.595. The zero-order chi connectivity index (χ0) is 47.7. The third-order valence-corrected chi connectivity index (χ3v) is 12.7. The van der Waals surface area contributed by atoms with Gasteiger partial charge < -0.3 is 11.1 Å². The molecule has 2 aliphatic rings. The quantitative estimate of drug-likeness (QED) is 0.107. The van der Waals surface area contributed by atoms with Crippen LogP contribution in [0.2, 0.25) is 5.02 Å². The lowest BCUT2D eigenvalue weighted by Crippen LogP contribution is -2.35. The second-order valence-corrected chi connectivity index (χ2v) is 20.0. The van der Waals surface area contributed by atoms with Gasteiger partial charge in [0.15, 0.2) is 15.7 Å². The molecule has 2 aliphatic carbocycles. The number of fused-ring (bicyclic) bond motifs is 2. The minimum atomic E-state index is -5.27. The Balaban J connectivity index is 1.59. The molecule has 2 atom stereocenters. The van der Waals surface area contributed by atoms with Gasteiger partial charge in [0.1, 0.15) is 46.6 Å². The summed E-state index contributed by atoms with van der Waals surface area (Å²) < 4.78 is 193. The van der Waals surface area contributed by atoms with Crippen molar-refractivity contribution in [1.82, 2.24) is 20.1 Å². The number of hydrogen-bond donors (Lipinski definition) is 3. The highest BCUT2D eigenvalue weighted by atomic mass is 35.5. The first-order valence-corrected chi connectivity index (χ1v) is 22.4. The molecule has 6 rings (SSSR count). The molecule has 4 aromatic rings. The molecule has 2 aromatic heterocycles. The number of carbonyl (C=O) groups is 1. The van der Waals surface area contributed by atoms with Crippen molar-refractivity contribution in [2.24, 2.45) is 16.6 Å². The average Bonchev–Trinajstić information content (AvgIpc) is 3.81. The van der Waals surface area contributed by atoms with Crippen LogP contribution in [0, 0.1) is 29.4 Å². The van der Waals surface area contributed by atoms with Gasteiger partial charge in [0.2, 0.25) is 15.9 Å². The molecule has 0 spiro atoms. The molecule has 12 nitrogen and oxygen atoms in total. The van der Waals surface area contributed by atoms with Crippen LogP contribution < -0.4 is 15.8 Å². The Kier molecular flexibility index (Phi) is 12.2. The summed E-state index contributed by atoms with van der Waals surface area (Å²) in [5, 5.41) is 5.59. The van der Waals surface area contributed by atoms with Crippen LogP contribution in [0.25, 0.3) is 22.0 Å². The van der Waals surface area contributed by atoms with E-state index in [0.717, 1.165) is 30.5 Å². The highest BCUT2D eigenvalue weighted by Gasteiger charge is 2.63. The molecule has 0 unspecified atom stereocenters. The smallest absolute Gasteiger partial charge is 0.394 e. The molecule has 4 N–H and O–H groups in total. The zero-order valence-corrected chi connectivity index (χ0v) is 35.7. The largest absolute Gasteiger partial charge is 0.431 e. The second kappa shape index (κ2) is 16.4. The van der Waals surface area contributed by atoms with Gasteiger partial charge in [-0.2, -0.15) is 40.2 Å². The van der Waals surface area contributed by atoms with Gasteiger partial charge in [0.25, 0.3) is 5.92 Å². The van der Waals surface area contributed by atoms with Crippen LogP contribution in [-0.2, 0) is 37.6 Å². The molecular weight excluding hydrogens is 936 g/mol. The van der Waals surface area contributed by atoms with Crippen molar-refractivity contribution in [3.63, 3.8) is 0 Å². The predicted molar refractivity (Wildman–Crippen MR) is 215 cm³/mol. The molecule has 0 radical (unpaired) electrons. The van der Waals surface area contributed by atoms with Crippen molar-refractivity contribution in [2.75, 3.05) is 23.8 Å². The van der Waals surface area contributed by atoms with Gasteiger partial charge in [-0.15, -0.1) is 0 Å². The number of pyridine rings is 1. The van der Waals surface area contributed by atoms with E-state index in [1.807, 2.05) is 4.72 Å². The number of rotatable bonds is 11. The lowest BCUT2D eigenvalue weighted by Gasteiger charge is -2.23. The van der Waals surface area contributed by atoms with Crippen molar-refractivity contribution in [2.45, 2.75) is 55.9 Å². The van der Waals surface area contributed by atoms with E-state index in [4.69, 9.17) is 17.3 Å². The van der Waals surface area contributed by atoms with Crippen molar-refractivity contribution < 1.29 is 65.5 Å². The van der Waals surface area contributed by atoms with Crippen molar-refractivity contribution in [3.8, 4) is 23.0 Å². The fourth-order valence-corrected chi connectivity index (χ4v) is 7.65. The van der Waals surface area contributed by atoms with Crippen LogP contribution in [0.3, 0.4) is 0 Å². The molecule has 0 bridgehead atoms. The number of halogens is 11. The Morgan fingerprint density at radius 2 is 1.62 bits per heavy atom. The first kappa shape index (κ1) is 47.8. The Morgan fingerprint density at radius 1 is 1.00 bits per heavy atom. The van der Waals surface area contributed by atoms with E-state index in [0.29, 0.717) is 17.0 Å². The number of allylic oxidation sites excluding steroid dienone is 4. The van der Waals surface area contributed by atoms with Gasteiger partial charge in [0.05, 0.1) is 39.8 Å². The molecule has 1 fully saturated rings. The number of amides is 1. The average molecular weight is 968 g/mol. The van der Waals surface area contributed by atoms with E-state index in [9.17, 15) is 56.8 Å². The SMILES string of the molecule is CC(C)(C#Cc1ccc(-c2ccc(Cl)c3c(NS(C)(=O)=O)nn(CC(F)(F)F)c23)c([C@H](Cc2cc(F)cc(F)c2)NC(=O)CN=C2C(=C(N)C(F)(F)F)C3=C[C@H]3C2(F)F)n1)S(C)(=O)=O. The summed E-state index contributed by atoms with van der Waals surface area (Å²) >= 11 is 6.44. The summed E-state index contributed by atoms with van der Waals surface area (Å²) in [5.74, 6) is -4.82. The summed E-state index contributed by atoms with van der Waals surface area (Å²) in [6.07, 6.45) is -8.46. The molecule has 1 amide bonds. The molecular formula is C39H32ClF10N7O5S2. The van der Waals surface area contributed by atoms with Gasteiger partial charge in [-0.05, 0) is 67.7 Å². The van der Waals surface area contributed by atoms with E-state index in [-0.39, 0.29) is 38.5 Å². The van der Waals surface area contributed by atoms with E-state index in [2.05, 4.69) is 32.2 Å². The van der Waals surface area contributed by atoms with E-state index in [1.165, 1.54) is 32.0 Å². The zero-order valence-electron chi connectivity index (χ0n) is 33.3. The maximum absolute atomic E-state index is 15.3. The summed E-state index contributed by atoms with van der Waals surface area (Å²) in [5.41, 5.74) is -1.36. The normalized spacial score (nSPS) is 18.3. The van der Waals surface area contributed by atoms with Crippen LogP contribution in [0.5, 0.6) is 0 Å². The number of nitrogens with zero attached hydrogens (tertiary/aromatic N) is 4. The number of alkyl halides is 8. The van der Waals surface area contributed by atoms with Crippen molar-refractivity contribution >= 4 is 59.8 Å². The number of sulfonamides is 1. The van der Waals surface area contributed by atoms with Crippen LogP contribution in [-0.4, -0.2) is 85.3 Å². The van der Waals surface area contributed by atoms with Crippen LogP contribution >= 0.6 is 11.6 Å². The maximum Gasteiger partial charge on any atom is 0.431 e. The monoisotopic (exact) mass is 967 g/mol. The first-order valence-electron chi connectivity index (χ1n) is 18.2. The third kappa shape index (κ3) is 10.2. The standard InChI is InChI=1S/C39H32ClF10N7O5S2/c1-36(2,63(3,59)60)10-9-21-5-6-22(23-7-8-26(40)30-32(23)57(17-37(43,44)45)55-35(30)56-64(4,61)62)31(53-21)27(13-18-11-19(41)14-20(42)12-18)54-28(58)16-52-34-29(33(51)39(48,49)50)24-15-25(24)38(34,46)47/h5-8,11-12,14-15,25,27H,13,16-17,51H2,1-4H3,(H,54,58)(H,55,56)/t25-,27+/m1/s1. The number of hydrogen-bond acceptors (Lipinski definition) is 9. The number of nitrogens with two attached hydrogens (primary N) is 1. The fourth-order valence-electron chi connectivity index (χ4n) is 6.68. The minimum absolute atomic E-state index is 0.197. The number of aliphatic imine (C=N–C) groups is 1. The second-order valence-electron chi connectivity index (χ2n) is 15.3. The van der Waals surface area contributed by atoms with Gasteiger partial charge in [-0.3, -0.25) is 19.2 Å². The molecule has 0 aliphatic heterocycles. The number of carbonyl (C=O) groups excluding carboxylic acids is 1. The highest BCUT2D eigenvalue weighted by molar-refractivity contribution is 7.92. The number of sulfone groups is 1. The number of nitrogens with one attached hydrogen (secondary N) is 2. The third-order valence-electron chi connectivity index (χ3n) is 9.87. The van der Waals surface area contributed by atoms with E-state index < -0.39 is 126 Å². The maximum atomic E-state index is 15.3. The van der Waals surface area contributed by atoms with Gasteiger partial charge in [-0.25, -0.2) is 30.6 Å². The minimum Gasteiger partial charge on any atom is -0.394 e. The predicted octanol–water partition coefficient (Wildman–Crippen LogP) is 6.96. The number of anilines is 1. The Labute approximate surface area is 362 Å². The fraction of sp³-hybridized carbons (Fsp3) is 0.333. The number of benzene rings is 2. The summed E-state index contributed by atoms with van der Waals surface area (Å²) in [6, 6.07) is 5.21. The topological polar surface area (TPSA) is 178 Å². The molecule has 2 heterocycles. The summed E-state index contributed by atoms with van der Waals surface area (Å²) in [4.78, 5) is 21.8. The van der Waals surface area contributed by atoms with Gasteiger partial charge in [-0.1, -0.05) is 29.7 Å². The lowest BCUT2D eigenvalue weighted by molar-refractivity contribution is -0.141. The van der Waals surface area contributed by atoms with Crippen LogP contribution in [0.1, 0.15) is 36.8 Å². The van der Waals surface area contributed by atoms with Gasteiger partial charge in [0, 0.05) is 29.0 Å². The molecule has 64 heavy (non-hydrogen) atoms. The molecule has 1 saturated carbocycles. The van der Waals surface area contributed by atoms with Crippen LogP contribution in [0.15, 0.2) is 70.4 Å². The van der Waals surface area contributed by atoms with Crippen LogP contribution in [0.4, 0.5) is 49.7 Å². The molecule has 25 heteroatoms.